The third kappa shape index (κ3) is 3.67. The summed E-state index contributed by atoms with van der Waals surface area (Å²) in [6.45, 7) is -1.29. The first-order valence-corrected chi connectivity index (χ1v) is 8.98. The van der Waals surface area contributed by atoms with Gasteiger partial charge in [0.25, 0.3) is 0 Å². The van der Waals surface area contributed by atoms with E-state index in [1.807, 2.05) is 30.5 Å². The number of fused-ring (bicyclic) bond motifs is 1. The molecule has 1 aliphatic rings. The maximum atomic E-state index is 12.4. The molecule has 6 heteroatoms. The van der Waals surface area contributed by atoms with Gasteiger partial charge in [0.05, 0.1) is 0 Å². The number of ether oxygens (including phenoxy) is 1. The third-order valence-corrected chi connectivity index (χ3v) is 5.38. The Morgan fingerprint density at radius 2 is 1.89 bits per heavy atom. The van der Waals surface area contributed by atoms with E-state index in [4.69, 9.17) is 10.5 Å². The molecule has 0 radical (unpaired) electrons. The fourth-order valence-corrected chi connectivity index (χ4v) is 3.83. The molecule has 1 saturated carbocycles. The van der Waals surface area contributed by atoms with E-state index in [-0.39, 0.29) is 17.2 Å². The summed E-state index contributed by atoms with van der Waals surface area (Å²) in [4.78, 5) is 3.31. The molecule has 0 spiro atoms. The van der Waals surface area contributed by atoms with E-state index in [1.165, 1.54) is 17.0 Å². The zero-order chi connectivity index (χ0) is 19.1. The van der Waals surface area contributed by atoms with E-state index in [0.717, 1.165) is 23.9 Å². The van der Waals surface area contributed by atoms with E-state index < -0.39 is 12.8 Å². The van der Waals surface area contributed by atoms with Gasteiger partial charge in [0, 0.05) is 28.6 Å². The van der Waals surface area contributed by atoms with Gasteiger partial charge in [-0.25, -0.2) is 0 Å². The molecule has 1 unspecified atom stereocenters. The minimum absolute atomic E-state index is 0.0809. The number of alkyl halides is 3. The number of benzene rings is 2. The van der Waals surface area contributed by atoms with E-state index >= 15 is 0 Å². The van der Waals surface area contributed by atoms with Crippen LogP contribution in [0.3, 0.4) is 0 Å². The number of hydrogen-bond acceptors (Lipinski definition) is 2. The van der Waals surface area contributed by atoms with Crippen LogP contribution in [0.1, 0.15) is 24.0 Å². The minimum atomic E-state index is -4.35. The third-order valence-electron chi connectivity index (χ3n) is 5.38. The highest BCUT2D eigenvalue weighted by molar-refractivity contribution is 5.85. The van der Waals surface area contributed by atoms with E-state index in [0.29, 0.717) is 6.42 Å². The number of para-hydroxylation sites is 1. The van der Waals surface area contributed by atoms with Crippen molar-refractivity contribution >= 4 is 10.9 Å². The summed E-state index contributed by atoms with van der Waals surface area (Å²) in [6.07, 6.45) is 0.309. The van der Waals surface area contributed by atoms with Crippen LogP contribution in [-0.2, 0) is 11.8 Å². The van der Waals surface area contributed by atoms with Crippen LogP contribution >= 0.6 is 0 Å². The number of nitrogens with one attached hydrogen (secondary N) is 1. The number of H-pyrrole nitrogens is 1. The van der Waals surface area contributed by atoms with Gasteiger partial charge < -0.3 is 15.5 Å². The second-order valence-corrected chi connectivity index (χ2v) is 7.27. The monoisotopic (exact) mass is 374 g/mol. The lowest BCUT2D eigenvalue weighted by Crippen LogP contribution is -2.36. The van der Waals surface area contributed by atoms with Gasteiger partial charge in [0.1, 0.15) is 5.75 Å². The molecule has 27 heavy (non-hydrogen) atoms. The average molecular weight is 374 g/mol. The highest BCUT2D eigenvalue weighted by Crippen LogP contribution is 2.53. The van der Waals surface area contributed by atoms with Crippen LogP contribution in [0.15, 0.2) is 54.7 Å². The molecule has 3 nitrogen and oxygen atoms in total. The number of hydrogen-bond donors (Lipinski definition) is 2. The van der Waals surface area contributed by atoms with E-state index in [1.54, 1.807) is 12.1 Å². The maximum absolute atomic E-state index is 12.4. The van der Waals surface area contributed by atoms with Crippen molar-refractivity contribution in [2.45, 2.75) is 36.9 Å². The Hall–Kier alpha value is -2.47. The lowest BCUT2D eigenvalue weighted by atomic mass is 9.85. The molecule has 1 heterocycles. The quantitative estimate of drug-likeness (QED) is 0.656. The van der Waals surface area contributed by atoms with E-state index in [9.17, 15) is 13.2 Å². The Morgan fingerprint density at radius 3 is 2.63 bits per heavy atom. The normalized spacial score (nSPS) is 17.0. The van der Waals surface area contributed by atoms with Gasteiger partial charge in [0.15, 0.2) is 6.61 Å². The predicted octanol–water partition coefficient (Wildman–Crippen LogP) is 4.71. The fourth-order valence-electron chi connectivity index (χ4n) is 3.83. The van der Waals surface area contributed by atoms with Gasteiger partial charge in [-0.05, 0) is 48.6 Å². The average Bonchev–Trinajstić information content (AvgIpc) is 3.33. The largest absolute Gasteiger partial charge is 0.484 e. The maximum Gasteiger partial charge on any atom is 0.422 e. The molecule has 4 rings (SSSR count). The smallest absolute Gasteiger partial charge is 0.422 e. The Bertz CT molecular complexity index is 944. The van der Waals surface area contributed by atoms with Crippen molar-refractivity contribution < 1.29 is 17.9 Å². The topological polar surface area (TPSA) is 51.0 Å². The molecule has 1 aromatic heterocycles. The van der Waals surface area contributed by atoms with Crippen LogP contribution < -0.4 is 10.5 Å². The van der Waals surface area contributed by atoms with Gasteiger partial charge >= 0.3 is 6.18 Å². The van der Waals surface area contributed by atoms with Crippen molar-refractivity contribution in [3.05, 3.63) is 65.9 Å². The van der Waals surface area contributed by atoms with Crippen molar-refractivity contribution in [2.75, 3.05) is 6.61 Å². The SMILES string of the molecule is NC(Cc1cccc(OCC(F)(F)F)c1)C1(c2c[nH]c3ccccc23)CC1. The van der Waals surface area contributed by atoms with Gasteiger partial charge in [-0.15, -0.1) is 0 Å². The van der Waals surface area contributed by atoms with Crippen LogP contribution in [0.5, 0.6) is 5.75 Å². The molecule has 1 atom stereocenters. The molecule has 142 valence electrons. The van der Waals surface area contributed by atoms with Crippen molar-refractivity contribution in [3.8, 4) is 5.75 Å². The molecule has 0 bridgehead atoms. The first-order chi connectivity index (χ1) is 12.9. The summed E-state index contributed by atoms with van der Waals surface area (Å²) in [7, 11) is 0. The Balaban J connectivity index is 1.51. The van der Waals surface area contributed by atoms with Gasteiger partial charge in [0.2, 0.25) is 0 Å². The van der Waals surface area contributed by atoms with Crippen LogP contribution in [0.4, 0.5) is 13.2 Å². The molecule has 1 fully saturated rings. The Morgan fingerprint density at radius 1 is 1.11 bits per heavy atom. The summed E-state index contributed by atoms with van der Waals surface area (Å²) in [5, 5.41) is 1.19. The zero-order valence-electron chi connectivity index (χ0n) is 14.7. The fraction of sp³-hybridized carbons (Fsp3) is 0.333. The predicted molar refractivity (Wildman–Crippen MR) is 98.9 cm³/mol. The van der Waals surface area contributed by atoms with E-state index in [2.05, 4.69) is 11.1 Å². The summed E-state index contributed by atoms with van der Waals surface area (Å²) < 4.78 is 41.9. The van der Waals surface area contributed by atoms with Crippen molar-refractivity contribution in [2.24, 2.45) is 5.73 Å². The first-order valence-electron chi connectivity index (χ1n) is 8.98. The van der Waals surface area contributed by atoms with Crippen LogP contribution in [0, 0.1) is 0 Å². The molecular weight excluding hydrogens is 353 g/mol. The van der Waals surface area contributed by atoms with Crippen molar-refractivity contribution in [1.82, 2.24) is 4.98 Å². The highest BCUT2D eigenvalue weighted by Gasteiger charge is 2.50. The Labute approximate surface area is 155 Å². The molecule has 0 amide bonds. The number of rotatable bonds is 6. The second kappa shape index (κ2) is 6.60. The standard InChI is InChI=1S/C21H21F3N2O/c22-21(23,24)13-27-15-5-3-4-14(10-15)11-19(25)20(8-9-20)17-12-26-18-7-2-1-6-16(17)18/h1-7,10,12,19,26H,8-9,11,13,25H2. The van der Waals surface area contributed by atoms with Crippen molar-refractivity contribution in [3.63, 3.8) is 0 Å². The zero-order valence-corrected chi connectivity index (χ0v) is 14.7. The number of nitrogens with two attached hydrogens (primary N) is 1. The molecule has 0 saturated heterocycles. The summed E-state index contributed by atoms with van der Waals surface area (Å²) in [5.74, 6) is 0.217. The number of aromatic nitrogens is 1. The Kier molecular flexibility index (Phi) is 4.38. The summed E-state index contributed by atoms with van der Waals surface area (Å²) in [5.41, 5.74) is 9.71. The van der Waals surface area contributed by atoms with Gasteiger partial charge in [-0.2, -0.15) is 13.2 Å². The lowest BCUT2D eigenvalue weighted by Gasteiger charge is -2.23. The number of aromatic amines is 1. The molecule has 3 N–H and O–H groups in total. The van der Waals surface area contributed by atoms with Gasteiger partial charge in [-0.1, -0.05) is 30.3 Å². The van der Waals surface area contributed by atoms with Gasteiger partial charge in [-0.3, -0.25) is 0 Å². The van der Waals surface area contributed by atoms with Crippen LogP contribution in [0.2, 0.25) is 0 Å². The van der Waals surface area contributed by atoms with Crippen LogP contribution in [-0.4, -0.2) is 23.8 Å². The summed E-state index contributed by atoms with van der Waals surface area (Å²) in [6, 6.07) is 14.8. The highest BCUT2D eigenvalue weighted by atomic mass is 19.4. The molecule has 3 aromatic rings. The molecule has 1 aliphatic carbocycles. The number of halogens is 3. The molecule has 2 aromatic carbocycles. The minimum Gasteiger partial charge on any atom is -0.484 e. The molecular formula is C21H21F3N2O. The first kappa shape index (κ1) is 17.9. The van der Waals surface area contributed by atoms with Crippen LogP contribution in [0.25, 0.3) is 10.9 Å². The lowest BCUT2D eigenvalue weighted by molar-refractivity contribution is -0.153. The molecule has 0 aliphatic heterocycles. The van der Waals surface area contributed by atoms with Crippen molar-refractivity contribution in [1.29, 1.82) is 0 Å². The second-order valence-electron chi connectivity index (χ2n) is 7.27. The summed E-state index contributed by atoms with van der Waals surface area (Å²) >= 11 is 0.